The van der Waals surface area contributed by atoms with Crippen LogP contribution >= 0.6 is 0 Å². The molecule has 0 saturated carbocycles. The monoisotopic (exact) mass is 122 g/mol. The molecule has 0 aromatic rings. The number of allylic oxidation sites excluding steroid dienone is 2. The highest BCUT2D eigenvalue weighted by Gasteiger charge is 1.83. The fourth-order valence-corrected chi connectivity index (χ4v) is 0.454. The van der Waals surface area contributed by atoms with Crippen molar-refractivity contribution in [1.29, 1.82) is 5.26 Å². The molecule has 9 heavy (non-hydrogen) atoms. The summed E-state index contributed by atoms with van der Waals surface area (Å²) in [4.78, 5) is 3.90. The lowest BCUT2D eigenvalue weighted by Gasteiger charge is -1.82. The number of nitrogens with zero attached hydrogens (tertiary/aromatic N) is 2. The van der Waals surface area contributed by atoms with Crippen molar-refractivity contribution in [2.24, 2.45) is 4.99 Å². The fraction of sp³-hybridized carbons (Fsp3) is 0.429. The van der Waals surface area contributed by atoms with E-state index in [1.54, 1.807) is 12.2 Å². The van der Waals surface area contributed by atoms with Crippen LogP contribution in [0.4, 0.5) is 0 Å². The SMILES string of the molecule is CC=CC(C#N)=NCC. The van der Waals surface area contributed by atoms with Gasteiger partial charge in [-0.2, -0.15) is 5.26 Å². The molecule has 0 radical (unpaired) electrons. The Morgan fingerprint density at radius 2 is 2.44 bits per heavy atom. The molecule has 0 fully saturated rings. The fourth-order valence-electron chi connectivity index (χ4n) is 0.454. The van der Waals surface area contributed by atoms with E-state index in [4.69, 9.17) is 5.26 Å². The summed E-state index contributed by atoms with van der Waals surface area (Å²) in [5.74, 6) is 0. The molecule has 2 heteroatoms. The van der Waals surface area contributed by atoms with Gasteiger partial charge in [0, 0.05) is 6.54 Å². The summed E-state index contributed by atoms with van der Waals surface area (Å²) in [5.41, 5.74) is 0.500. The molecule has 0 spiro atoms. The average molecular weight is 122 g/mol. The molecule has 0 N–H and O–H groups in total. The first kappa shape index (κ1) is 7.90. The first-order valence-corrected chi connectivity index (χ1v) is 2.92. The first-order chi connectivity index (χ1) is 4.35. The van der Waals surface area contributed by atoms with Crippen molar-refractivity contribution in [3.05, 3.63) is 12.2 Å². The maximum absolute atomic E-state index is 8.36. The second-order valence-corrected chi connectivity index (χ2v) is 1.47. The van der Waals surface area contributed by atoms with Crippen LogP contribution in [0.3, 0.4) is 0 Å². The molecule has 0 rings (SSSR count). The van der Waals surface area contributed by atoms with Gasteiger partial charge in [0.2, 0.25) is 0 Å². The van der Waals surface area contributed by atoms with Crippen molar-refractivity contribution < 1.29 is 0 Å². The molecule has 0 aromatic carbocycles. The molecule has 0 atom stereocenters. The minimum atomic E-state index is 0.500. The van der Waals surface area contributed by atoms with E-state index in [0.717, 1.165) is 0 Å². The molecule has 0 aromatic heterocycles. The van der Waals surface area contributed by atoms with Crippen molar-refractivity contribution in [3.8, 4) is 6.07 Å². The number of rotatable bonds is 2. The van der Waals surface area contributed by atoms with Gasteiger partial charge in [-0.25, -0.2) is 0 Å². The highest BCUT2D eigenvalue weighted by atomic mass is 14.7. The van der Waals surface area contributed by atoms with Gasteiger partial charge in [-0.05, 0) is 19.9 Å². The van der Waals surface area contributed by atoms with Crippen molar-refractivity contribution in [1.82, 2.24) is 0 Å². The summed E-state index contributed by atoms with van der Waals surface area (Å²) in [6.45, 7) is 4.44. The second kappa shape index (κ2) is 5.04. The zero-order valence-corrected chi connectivity index (χ0v) is 5.76. The van der Waals surface area contributed by atoms with E-state index in [1.165, 1.54) is 0 Å². The lowest BCUT2D eigenvalue weighted by molar-refractivity contribution is 1.13. The molecule has 0 saturated heterocycles. The summed E-state index contributed by atoms with van der Waals surface area (Å²) in [6.07, 6.45) is 3.50. The van der Waals surface area contributed by atoms with Crippen LogP contribution in [-0.4, -0.2) is 12.3 Å². The standard InChI is InChI=1S/C7H10N2/c1-3-5-7(6-8)9-4-2/h3,5H,4H2,1-2H3. The quantitative estimate of drug-likeness (QED) is 0.512. The van der Waals surface area contributed by atoms with Crippen LogP contribution in [0.5, 0.6) is 0 Å². The van der Waals surface area contributed by atoms with Crippen LogP contribution in [0, 0.1) is 11.3 Å². The predicted octanol–water partition coefficient (Wildman–Crippen LogP) is 1.55. The normalized spacial score (nSPS) is 11.9. The van der Waals surface area contributed by atoms with Gasteiger partial charge in [0.05, 0.1) is 0 Å². The van der Waals surface area contributed by atoms with Crippen LogP contribution in [0.25, 0.3) is 0 Å². The third kappa shape index (κ3) is 3.48. The molecular formula is C7H10N2. The highest BCUT2D eigenvalue weighted by Crippen LogP contribution is 1.79. The predicted molar refractivity (Wildman–Crippen MR) is 38.4 cm³/mol. The molecule has 48 valence electrons. The van der Waals surface area contributed by atoms with Crippen molar-refractivity contribution in [2.75, 3.05) is 6.54 Å². The van der Waals surface area contributed by atoms with Crippen LogP contribution in [0.15, 0.2) is 17.1 Å². The summed E-state index contributed by atoms with van der Waals surface area (Å²) in [6, 6.07) is 1.97. The van der Waals surface area contributed by atoms with E-state index in [-0.39, 0.29) is 0 Å². The van der Waals surface area contributed by atoms with Crippen LogP contribution in [0.2, 0.25) is 0 Å². The molecule has 0 aliphatic carbocycles. The van der Waals surface area contributed by atoms with Gasteiger partial charge in [0.1, 0.15) is 11.8 Å². The Hall–Kier alpha value is -1.10. The molecule has 0 heterocycles. The number of aliphatic imine (C=N–C) groups is 1. The van der Waals surface area contributed by atoms with E-state index in [0.29, 0.717) is 12.3 Å². The van der Waals surface area contributed by atoms with E-state index < -0.39 is 0 Å². The van der Waals surface area contributed by atoms with Crippen LogP contribution < -0.4 is 0 Å². The van der Waals surface area contributed by atoms with Crippen LogP contribution in [0.1, 0.15) is 13.8 Å². The third-order valence-corrected chi connectivity index (χ3v) is 0.768. The van der Waals surface area contributed by atoms with E-state index in [9.17, 15) is 0 Å². The second-order valence-electron chi connectivity index (χ2n) is 1.47. The minimum Gasteiger partial charge on any atom is -0.275 e. The summed E-state index contributed by atoms with van der Waals surface area (Å²) >= 11 is 0. The maximum Gasteiger partial charge on any atom is 0.134 e. The Kier molecular flexibility index (Phi) is 4.43. The maximum atomic E-state index is 8.36. The molecule has 0 aliphatic heterocycles. The van der Waals surface area contributed by atoms with Gasteiger partial charge >= 0.3 is 0 Å². The highest BCUT2D eigenvalue weighted by molar-refractivity contribution is 6.07. The van der Waals surface area contributed by atoms with Crippen molar-refractivity contribution in [3.63, 3.8) is 0 Å². The van der Waals surface area contributed by atoms with Gasteiger partial charge in [-0.1, -0.05) is 6.08 Å². The van der Waals surface area contributed by atoms with Crippen molar-refractivity contribution in [2.45, 2.75) is 13.8 Å². The van der Waals surface area contributed by atoms with Gasteiger partial charge in [0.15, 0.2) is 0 Å². The summed E-state index contributed by atoms with van der Waals surface area (Å²) in [5, 5.41) is 8.36. The Morgan fingerprint density at radius 3 is 2.78 bits per heavy atom. The lowest BCUT2D eigenvalue weighted by Crippen LogP contribution is -1.87. The average Bonchev–Trinajstić information content (AvgIpc) is 1.88. The zero-order valence-electron chi connectivity index (χ0n) is 5.76. The molecule has 0 bridgehead atoms. The van der Waals surface area contributed by atoms with Crippen LogP contribution in [-0.2, 0) is 0 Å². The molecule has 0 unspecified atom stereocenters. The topological polar surface area (TPSA) is 36.1 Å². The Morgan fingerprint density at radius 1 is 1.78 bits per heavy atom. The number of nitriles is 1. The third-order valence-electron chi connectivity index (χ3n) is 0.768. The summed E-state index contributed by atoms with van der Waals surface area (Å²) < 4.78 is 0. The van der Waals surface area contributed by atoms with Crippen molar-refractivity contribution >= 4 is 5.71 Å². The Labute approximate surface area is 55.5 Å². The van der Waals surface area contributed by atoms with Gasteiger partial charge in [-0.3, -0.25) is 4.99 Å². The summed E-state index contributed by atoms with van der Waals surface area (Å²) in [7, 11) is 0. The van der Waals surface area contributed by atoms with E-state index in [1.807, 2.05) is 19.9 Å². The minimum absolute atomic E-state index is 0.500. The van der Waals surface area contributed by atoms with Gasteiger partial charge in [-0.15, -0.1) is 0 Å². The molecule has 0 amide bonds. The Bertz CT molecular complexity index is 160. The zero-order chi connectivity index (χ0) is 7.11. The smallest absolute Gasteiger partial charge is 0.134 e. The molecular weight excluding hydrogens is 112 g/mol. The first-order valence-electron chi connectivity index (χ1n) is 2.92. The Balaban J connectivity index is 4.02. The van der Waals surface area contributed by atoms with Gasteiger partial charge < -0.3 is 0 Å². The lowest BCUT2D eigenvalue weighted by atomic mass is 10.4. The largest absolute Gasteiger partial charge is 0.275 e. The van der Waals surface area contributed by atoms with E-state index >= 15 is 0 Å². The molecule has 2 nitrogen and oxygen atoms in total. The van der Waals surface area contributed by atoms with Gasteiger partial charge in [0.25, 0.3) is 0 Å². The number of hydrogen-bond donors (Lipinski definition) is 0. The number of hydrogen-bond acceptors (Lipinski definition) is 2. The molecule has 0 aliphatic rings. The van der Waals surface area contributed by atoms with E-state index in [2.05, 4.69) is 4.99 Å².